The predicted octanol–water partition coefficient (Wildman–Crippen LogP) is 10.5. The second-order valence-electron chi connectivity index (χ2n) is 12.5. The topological polar surface area (TPSA) is 96.5 Å². The summed E-state index contributed by atoms with van der Waals surface area (Å²) >= 11 is 1.40. The average Bonchev–Trinajstić information content (AvgIpc) is 3.19. The molecule has 0 aliphatic heterocycles. The van der Waals surface area contributed by atoms with E-state index >= 15 is 0 Å². The number of thioether (sulfide) groups is 1. The molecule has 7 nitrogen and oxygen atoms in total. The number of hydrogen-bond acceptors (Lipinski definition) is 5. The molecule has 8 heteroatoms. The van der Waals surface area contributed by atoms with E-state index in [0.29, 0.717) is 28.6 Å². The van der Waals surface area contributed by atoms with Gasteiger partial charge in [0.05, 0.1) is 0 Å². The van der Waals surface area contributed by atoms with Crippen LogP contribution < -0.4 is 20.7 Å². The summed E-state index contributed by atoms with van der Waals surface area (Å²) in [4.78, 5) is 41.3. The van der Waals surface area contributed by atoms with Gasteiger partial charge in [0.25, 0.3) is 11.8 Å². The molecule has 0 radical (unpaired) electrons. The van der Waals surface area contributed by atoms with Crippen molar-refractivity contribution in [2.75, 3.05) is 10.6 Å². The van der Waals surface area contributed by atoms with Gasteiger partial charge < -0.3 is 20.7 Å². The number of para-hydroxylation sites is 1. The molecule has 0 aliphatic carbocycles. The molecule has 3 amide bonds. The maximum absolute atomic E-state index is 13.7. The van der Waals surface area contributed by atoms with Gasteiger partial charge in [-0.05, 0) is 101 Å². The molecule has 53 heavy (non-hydrogen) atoms. The fraction of sp³-hybridized carbons (Fsp3) is 0.0889. The van der Waals surface area contributed by atoms with Crippen molar-refractivity contribution in [2.45, 2.75) is 29.9 Å². The quantitative estimate of drug-likeness (QED) is 0.0816. The van der Waals surface area contributed by atoms with Crippen molar-refractivity contribution in [3.63, 3.8) is 0 Å². The first-order valence-electron chi connectivity index (χ1n) is 17.3. The van der Waals surface area contributed by atoms with Crippen LogP contribution in [-0.2, 0) is 9.59 Å². The van der Waals surface area contributed by atoms with Gasteiger partial charge in [-0.15, -0.1) is 11.8 Å². The normalized spacial score (nSPS) is 11.7. The number of hydrogen-bond donors (Lipinski definition) is 3. The van der Waals surface area contributed by atoms with E-state index in [-0.39, 0.29) is 17.5 Å². The maximum Gasteiger partial charge on any atom is 0.272 e. The summed E-state index contributed by atoms with van der Waals surface area (Å²) in [6.45, 7) is 4.24. The number of ether oxygens (including phenoxy) is 1. The fourth-order valence-electron chi connectivity index (χ4n) is 5.38. The van der Waals surface area contributed by atoms with Gasteiger partial charge in [-0.25, -0.2) is 0 Å². The molecule has 1 unspecified atom stereocenters. The molecule has 3 N–H and O–H groups in total. The van der Waals surface area contributed by atoms with Crippen molar-refractivity contribution in [1.82, 2.24) is 5.32 Å². The minimum absolute atomic E-state index is 0.107. The maximum atomic E-state index is 13.7. The molecule has 0 saturated carbocycles. The highest BCUT2D eigenvalue weighted by atomic mass is 32.2. The number of benzene rings is 6. The van der Waals surface area contributed by atoms with Crippen molar-refractivity contribution in [1.29, 1.82) is 0 Å². The zero-order valence-electron chi connectivity index (χ0n) is 29.4. The number of anilines is 2. The van der Waals surface area contributed by atoms with Crippen molar-refractivity contribution in [3.05, 3.63) is 192 Å². The van der Waals surface area contributed by atoms with Crippen LogP contribution in [0.1, 0.15) is 52.1 Å². The van der Waals surface area contributed by atoms with Gasteiger partial charge in [0.2, 0.25) is 5.91 Å². The van der Waals surface area contributed by atoms with Gasteiger partial charge in [0, 0.05) is 21.8 Å². The second kappa shape index (κ2) is 17.7. The van der Waals surface area contributed by atoms with Crippen molar-refractivity contribution >= 4 is 46.9 Å². The van der Waals surface area contributed by atoms with E-state index in [2.05, 4.69) is 29.8 Å². The van der Waals surface area contributed by atoms with Crippen LogP contribution in [0.5, 0.6) is 11.5 Å². The number of nitrogens with one attached hydrogen (secondary N) is 3. The highest BCUT2D eigenvalue weighted by Gasteiger charge is 2.23. The lowest BCUT2D eigenvalue weighted by molar-refractivity contribution is -0.116. The molecule has 1 atom stereocenters. The van der Waals surface area contributed by atoms with Gasteiger partial charge in [0.15, 0.2) is 0 Å². The molecule has 0 fully saturated rings. The Labute approximate surface area is 314 Å². The molecule has 6 rings (SSSR count). The van der Waals surface area contributed by atoms with Crippen LogP contribution in [0, 0.1) is 0 Å². The smallest absolute Gasteiger partial charge is 0.272 e. The molecule has 0 spiro atoms. The summed E-state index contributed by atoms with van der Waals surface area (Å²) in [5, 5.41) is 8.20. The monoisotopic (exact) mass is 717 g/mol. The third-order valence-corrected chi connectivity index (χ3v) is 9.52. The highest BCUT2D eigenvalue weighted by molar-refractivity contribution is 8.00. The second-order valence-corrected chi connectivity index (χ2v) is 13.7. The van der Waals surface area contributed by atoms with Crippen LogP contribution in [0.4, 0.5) is 11.4 Å². The number of carbonyl (C=O) groups excluding carboxylic acids is 3. The lowest BCUT2D eigenvalue weighted by Crippen LogP contribution is -2.30. The van der Waals surface area contributed by atoms with Crippen LogP contribution in [0.25, 0.3) is 6.08 Å². The molecule has 0 bridgehead atoms. The molecule has 0 aliphatic rings. The largest absolute Gasteiger partial charge is 0.457 e. The first-order chi connectivity index (χ1) is 25.8. The predicted molar refractivity (Wildman–Crippen MR) is 214 cm³/mol. The van der Waals surface area contributed by atoms with E-state index in [4.69, 9.17) is 4.74 Å². The minimum atomic E-state index is -0.554. The molecule has 6 aromatic rings. The molecular formula is C45H39N3O4S. The molecule has 0 aromatic heterocycles. The van der Waals surface area contributed by atoms with Crippen LogP contribution in [0.15, 0.2) is 174 Å². The Morgan fingerprint density at radius 1 is 0.585 bits per heavy atom. The zero-order chi connectivity index (χ0) is 37.0. The van der Waals surface area contributed by atoms with Gasteiger partial charge in [-0.1, -0.05) is 105 Å². The van der Waals surface area contributed by atoms with Gasteiger partial charge in [0.1, 0.15) is 22.4 Å². The van der Waals surface area contributed by atoms with Gasteiger partial charge >= 0.3 is 0 Å². The Hall–Kier alpha value is -6.38. The van der Waals surface area contributed by atoms with Crippen molar-refractivity contribution in [3.8, 4) is 11.5 Å². The van der Waals surface area contributed by atoms with E-state index in [9.17, 15) is 14.4 Å². The summed E-state index contributed by atoms with van der Waals surface area (Å²) in [7, 11) is 0. The van der Waals surface area contributed by atoms with Crippen LogP contribution in [0.2, 0.25) is 0 Å². The number of rotatable bonds is 13. The van der Waals surface area contributed by atoms with E-state index in [0.717, 1.165) is 21.8 Å². The first-order valence-corrected chi connectivity index (χ1v) is 18.1. The van der Waals surface area contributed by atoms with Crippen LogP contribution in [-0.4, -0.2) is 17.7 Å². The lowest BCUT2D eigenvalue weighted by atomic mass is 10.0. The van der Waals surface area contributed by atoms with Crippen LogP contribution >= 0.6 is 11.8 Å². The summed E-state index contributed by atoms with van der Waals surface area (Å²) in [5.41, 5.74) is 4.53. The Bertz CT molecular complexity index is 2150. The van der Waals surface area contributed by atoms with E-state index in [1.807, 2.05) is 127 Å². The summed E-state index contributed by atoms with van der Waals surface area (Å²) in [6, 6.07) is 50.3. The Morgan fingerprint density at radius 2 is 1.13 bits per heavy atom. The molecule has 6 aromatic carbocycles. The summed E-state index contributed by atoms with van der Waals surface area (Å²) < 4.78 is 5.89. The first kappa shape index (κ1) is 36.4. The minimum Gasteiger partial charge on any atom is -0.457 e. The van der Waals surface area contributed by atoms with Crippen molar-refractivity contribution < 1.29 is 19.1 Å². The summed E-state index contributed by atoms with van der Waals surface area (Å²) in [6.07, 6.45) is 1.66. The Morgan fingerprint density at radius 3 is 1.75 bits per heavy atom. The highest BCUT2D eigenvalue weighted by Crippen LogP contribution is 2.37. The Balaban J connectivity index is 1.15. The standard InChI is InChI=1S/C45H39N3O4S/c1-31(2)33-20-18-32(19-21-33)30-41(48-43(49)35-14-8-4-9-15-35)44(50)46-37-24-28-40(29-25-37)53-42(34-12-6-3-7-13-34)45(51)47-36-22-26-39(27-23-36)52-38-16-10-5-11-17-38/h3-31,42H,1-2H3,(H,46,50)(H,47,51)(H,48,49)/b41-30-. The molecule has 0 saturated heterocycles. The molecule has 264 valence electrons. The number of amides is 3. The van der Waals surface area contributed by atoms with Crippen LogP contribution in [0.3, 0.4) is 0 Å². The van der Waals surface area contributed by atoms with Gasteiger partial charge in [-0.3, -0.25) is 14.4 Å². The van der Waals surface area contributed by atoms with Crippen molar-refractivity contribution in [2.24, 2.45) is 0 Å². The lowest BCUT2D eigenvalue weighted by Gasteiger charge is -2.18. The van der Waals surface area contributed by atoms with E-state index in [1.165, 1.54) is 17.3 Å². The third kappa shape index (κ3) is 10.3. The Kier molecular flexibility index (Phi) is 12.2. The zero-order valence-corrected chi connectivity index (χ0v) is 30.2. The number of carbonyl (C=O) groups is 3. The van der Waals surface area contributed by atoms with Gasteiger partial charge in [-0.2, -0.15) is 0 Å². The fourth-order valence-corrected chi connectivity index (χ4v) is 6.40. The molecule has 0 heterocycles. The SMILES string of the molecule is CC(C)c1ccc(/C=C(\NC(=O)c2ccccc2)C(=O)Nc2ccc(SC(C(=O)Nc3ccc(Oc4ccccc4)cc3)c3ccccc3)cc2)cc1. The van der Waals surface area contributed by atoms with E-state index in [1.54, 1.807) is 42.5 Å². The third-order valence-electron chi connectivity index (χ3n) is 8.25. The average molecular weight is 718 g/mol. The summed E-state index contributed by atoms with van der Waals surface area (Å²) in [5.74, 6) is 0.723. The van der Waals surface area contributed by atoms with E-state index < -0.39 is 11.2 Å². The molecular weight excluding hydrogens is 679 g/mol.